The van der Waals surface area contributed by atoms with E-state index in [0.29, 0.717) is 11.4 Å². The zero-order valence-electron chi connectivity index (χ0n) is 26.0. The number of methoxy groups -OCH3 is 1. The van der Waals surface area contributed by atoms with Crippen LogP contribution in [0.5, 0.6) is 5.88 Å². The molecule has 0 aliphatic carbocycles. The lowest BCUT2D eigenvalue weighted by molar-refractivity contribution is -0.151. The van der Waals surface area contributed by atoms with Crippen LogP contribution in [-0.2, 0) is 31.0 Å². The summed E-state index contributed by atoms with van der Waals surface area (Å²) in [6, 6.07) is 6.18. The lowest BCUT2D eigenvalue weighted by atomic mass is 9.73. The molecule has 1 aromatic heterocycles. The van der Waals surface area contributed by atoms with Gasteiger partial charge in [-0.3, -0.25) is 4.90 Å². The molecule has 1 aliphatic rings. The smallest absolute Gasteiger partial charge is 0.411 e. The monoisotopic (exact) mass is 572 g/mol. The average molecular weight is 573 g/mol. The number of benzene rings is 1. The van der Waals surface area contributed by atoms with Crippen LogP contribution in [-0.4, -0.2) is 53.9 Å². The number of carbonyl (C=O) groups excluding carboxylic acids is 2. The van der Waals surface area contributed by atoms with Gasteiger partial charge >= 0.3 is 12.1 Å². The number of ether oxygens (including phenoxy) is 4. The molecule has 1 fully saturated rings. The summed E-state index contributed by atoms with van der Waals surface area (Å²) >= 11 is 0. The third-order valence-corrected chi connectivity index (χ3v) is 7.32. The standard InChI is InChI=1S/C32H45FN2O6/c1-11-39-29(36)26-24(32(7,8)9)27(40-18-20-16-21(31(4,5)6)17-34-28(20)38-10)25(22-14-12-13-15-23(22)33)35(26)30(37)41-19(2)3/h12-17,19,24-27H,11,18H2,1-10H3/t24-,25+,26+,27+/m1/s1. The van der Waals surface area contributed by atoms with Crippen molar-refractivity contribution in [2.45, 2.75) is 98.6 Å². The van der Waals surface area contributed by atoms with E-state index in [1.165, 1.54) is 11.0 Å². The number of hydrogen-bond acceptors (Lipinski definition) is 7. The van der Waals surface area contributed by atoms with Gasteiger partial charge in [0.15, 0.2) is 0 Å². The Hall–Kier alpha value is -3.20. The summed E-state index contributed by atoms with van der Waals surface area (Å²) in [5.41, 5.74) is 1.20. The molecule has 0 N–H and O–H groups in total. The van der Waals surface area contributed by atoms with Crippen LogP contribution in [0.2, 0.25) is 0 Å². The number of hydrogen-bond donors (Lipinski definition) is 0. The van der Waals surface area contributed by atoms with Crippen molar-refractivity contribution in [3.63, 3.8) is 0 Å². The highest BCUT2D eigenvalue weighted by atomic mass is 19.1. The van der Waals surface area contributed by atoms with E-state index in [1.807, 2.05) is 26.8 Å². The summed E-state index contributed by atoms with van der Waals surface area (Å²) in [4.78, 5) is 33.1. The summed E-state index contributed by atoms with van der Waals surface area (Å²) in [6.07, 6.45) is -0.224. The van der Waals surface area contributed by atoms with Crippen LogP contribution in [0.3, 0.4) is 0 Å². The molecule has 2 aromatic rings. The fourth-order valence-corrected chi connectivity index (χ4v) is 5.44. The Morgan fingerprint density at radius 2 is 1.76 bits per heavy atom. The molecule has 0 radical (unpaired) electrons. The molecule has 8 nitrogen and oxygen atoms in total. The Morgan fingerprint density at radius 1 is 1.10 bits per heavy atom. The fourth-order valence-electron chi connectivity index (χ4n) is 5.44. The number of amides is 1. The van der Waals surface area contributed by atoms with Crippen LogP contribution >= 0.6 is 0 Å². The molecular weight excluding hydrogens is 527 g/mol. The van der Waals surface area contributed by atoms with Crippen molar-refractivity contribution in [3.05, 3.63) is 59.0 Å². The van der Waals surface area contributed by atoms with E-state index in [4.69, 9.17) is 18.9 Å². The zero-order chi connectivity index (χ0) is 30.7. The molecule has 1 amide bonds. The number of nitrogens with zero attached hydrogens (tertiary/aromatic N) is 2. The first-order chi connectivity index (χ1) is 19.1. The lowest BCUT2D eigenvalue weighted by Crippen LogP contribution is -2.48. The molecule has 3 rings (SSSR count). The highest BCUT2D eigenvalue weighted by molar-refractivity contribution is 5.83. The van der Waals surface area contributed by atoms with Gasteiger partial charge in [0, 0.05) is 23.2 Å². The van der Waals surface area contributed by atoms with Gasteiger partial charge in [-0.2, -0.15) is 0 Å². The van der Waals surface area contributed by atoms with Gasteiger partial charge in [-0.15, -0.1) is 0 Å². The van der Waals surface area contributed by atoms with Crippen molar-refractivity contribution in [1.29, 1.82) is 0 Å². The maximum Gasteiger partial charge on any atom is 0.411 e. The Bertz CT molecular complexity index is 1220. The number of pyridine rings is 1. The number of rotatable bonds is 8. The maximum atomic E-state index is 15.5. The summed E-state index contributed by atoms with van der Waals surface area (Å²) in [7, 11) is 1.54. The SMILES string of the molecule is CCOC(=O)[C@@H]1[C@@H](C(C)(C)C)[C@H](OCc2cc(C(C)(C)C)cnc2OC)[C@H](c2ccccc2F)N1C(=O)OC(C)C. The summed E-state index contributed by atoms with van der Waals surface area (Å²) in [5, 5.41) is 0. The van der Waals surface area contributed by atoms with Crippen molar-refractivity contribution in [2.24, 2.45) is 11.3 Å². The first kappa shape index (κ1) is 32.3. The normalized spacial score (nSPS) is 21.2. The number of likely N-dealkylation sites (tertiary alicyclic amines) is 1. The molecule has 1 aliphatic heterocycles. The Balaban J connectivity index is 2.21. The molecule has 0 saturated carbocycles. The predicted octanol–water partition coefficient (Wildman–Crippen LogP) is 6.61. The zero-order valence-corrected chi connectivity index (χ0v) is 26.0. The van der Waals surface area contributed by atoms with Gasteiger partial charge in [-0.25, -0.2) is 19.0 Å². The molecule has 1 saturated heterocycles. The molecule has 4 atom stereocenters. The molecular formula is C32H45FN2O6. The highest BCUT2D eigenvalue weighted by Crippen LogP contribution is 2.50. The van der Waals surface area contributed by atoms with Crippen molar-refractivity contribution in [3.8, 4) is 5.88 Å². The quantitative estimate of drug-likeness (QED) is 0.329. The van der Waals surface area contributed by atoms with E-state index in [9.17, 15) is 9.59 Å². The molecule has 2 heterocycles. The molecule has 41 heavy (non-hydrogen) atoms. The van der Waals surface area contributed by atoms with Crippen LogP contribution in [0.25, 0.3) is 0 Å². The van der Waals surface area contributed by atoms with Crippen molar-refractivity contribution in [2.75, 3.05) is 13.7 Å². The number of carbonyl (C=O) groups is 2. The third-order valence-electron chi connectivity index (χ3n) is 7.32. The fraction of sp³-hybridized carbons (Fsp3) is 0.594. The Kier molecular flexibility index (Phi) is 10.1. The number of halogens is 1. The second-order valence-corrected chi connectivity index (χ2v) is 12.8. The maximum absolute atomic E-state index is 15.5. The van der Waals surface area contributed by atoms with Gasteiger partial charge in [-0.05, 0) is 49.3 Å². The van der Waals surface area contributed by atoms with E-state index < -0.39 is 53.5 Å². The highest BCUT2D eigenvalue weighted by Gasteiger charge is 2.60. The van der Waals surface area contributed by atoms with E-state index >= 15 is 4.39 Å². The van der Waals surface area contributed by atoms with E-state index in [0.717, 1.165) is 5.56 Å². The predicted molar refractivity (Wildman–Crippen MR) is 154 cm³/mol. The van der Waals surface area contributed by atoms with Crippen LogP contribution in [0.15, 0.2) is 36.5 Å². The van der Waals surface area contributed by atoms with Crippen LogP contribution in [0, 0.1) is 17.2 Å². The summed E-state index contributed by atoms with van der Waals surface area (Å²) in [6.45, 7) is 17.5. The molecule has 226 valence electrons. The average Bonchev–Trinajstić information content (AvgIpc) is 3.22. The van der Waals surface area contributed by atoms with Gasteiger partial charge in [0.1, 0.15) is 11.9 Å². The van der Waals surface area contributed by atoms with E-state index in [2.05, 4.69) is 25.8 Å². The van der Waals surface area contributed by atoms with Crippen LogP contribution in [0.4, 0.5) is 9.18 Å². The van der Waals surface area contributed by atoms with Gasteiger partial charge in [0.2, 0.25) is 5.88 Å². The minimum Gasteiger partial charge on any atom is -0.481 e. The molecule has 0 unspecified atom stereocenters. The molecule has 9 heteroatoms. The summed E-state index contributed by atoms with van der Waals surface area (Å²) < 4.78 is 38.8. The van der Waals surface area contributed by atoms with Crippen molar-refractivity contribution < 1.29 is 32.9 Å². The van der Waals surface area contributed by atoms with E-state index in [-0.39, 0.29) is 24.2 Å². The third kappa shape index (κ3) is 7.18. The topological polar surface area (TPSA) is 87.2 Å². The minimum atomic E-state index is -1.07. The number of esters is 1. The van der Waals surface area contributed by atoms with Crippen molar-refractivity contribution >= 4 is 12.1 Å². The van der Waals surface area contributed by atoms with Gasteiger partial charge in [-0.1, -0.05) is 59.7 Å². The number of aromatic nitrogens is 1. The van der Waals surface area contributed by atoms with Gasteiger partial charge in [0.25, 0.3) is 0 Å². The first-order valence-electron chi connectivity index (χ1n) is 14.2. The van der Waals surface area contributed by atoms with Crippen LogP contribution < -0.4 is 4.74 Å². The Labute approximate surface area is 243 Å². The largest absolute Gasteiger partial charge is 0.481 e. The first-order valence-corrected chi connectivity index (χ1v) is 14.2. The van der Waals surface area contributed by atoms with Crippen LogP contribution in [0.1, 0.15) is 85.0 Å². The minimum absolute atomic E-state index is 0.0604. The van der Waals surface area contributed by atoms with Crippen molar-refractivity contribution in [1.82, 2.24) is 9.88 Å². The van der Waals surface area contributed by atoms with Gasteiger partial charge < -0.3 is 18.9 Å². The second-order valence-electron chi connectivity index (χ2n) is 12.8. The summed E-state index contributed by atoms with van der Waals surface area (Å²) in [5.74, 6) is -1.27. The second kappa shape index (κ2) is 12.8. The molecule has 0 spiro atoms. The molecule has 0 bridgehead atoms. The van der Waals surface area contributed by atoms with Gasteiger partial charge in [0.05, 0.1) is 38.6 Å². The lowest BCUT2D eigenvalue weighted by Gasteiger charge is -2.35. The Morgan fingerprint density at radius 3 is 2.29 bits per heavy atom. The van der Waals surface area contributed by atoms with E-state index in [1.54, 1.807) is 52.3 Å². The molecule has 1 aromatic carbocycles.